The summed E-state index contributed by atoms with van der Waals surface area (Å²) in [6, 6.07) is 5.78. The van der Waals surface area contributed by atoms with Crippen LogP contribution in [0.4, 0.5) is 4.39 Å². The van der Waals surface area contributed by atoms with E-state index in [1.54, 1.807) is 12.1 Å². The van der Waals surface area contributed by atoms with Crippen molar-refractivity contribution in [2.45, 2.75) is 6.92 Å². The fraction of sp³-hybridized carbons (Fsp3) is 0.350. The van der Waals surface area contributed by atoms with Crippen LogP contribution in [0.15, 0.2) is 24.3 Å². The molecule has 2 aliphatic heterocycles. The fourth-order valence-corrected chi connectivity index (χ4v) is 4.36. The molecule has 1 amide bonds. The highest BCUT2D eigenvalue weighted by atomic mass is 19.1. The van der Waals surface area contributed by atoms with Crippen molar-refractivity contribution in [3.05, 3.63) is 41.3 Å². The van der Waals surface area contributed by atoms with Crippen LogP contribution in [-0.4, -0.2) is 57.3 Å². The zero-order valence-electron chi connectivity index (χ0n) is 15.4. The molecule has 0 spiro atoms. The summed E-state index contributed by atoms with van der Waals surface area (Å²) in [6.45, 7) is 5.20. The van der Waals surface area contributed by atoms with Crippen molar-refractivity contribution in [3.8, 4) is 17.0 Å². The summed E-state index contributed by atoms with van der Waals surface area (Å²) in [5.41, 5.74) is 2.66. The molecule has 2 aliphatic rings. The van der Waals surface area contributed by atoms with Crippen molar-refractivity contribution in [2.24, 2.45) is 11.8 Å². The summed E-state index contributed by atoms with van der Waals surface area (Å²) in [5, 5.41) is 20.6. The highest BCUT2D eigenvalue weighted by Gasteiger charge is 2.38. The Morgan fingerprint density at radius 3 is 2.71 bits per heavy atom. The van der Waals surface area contributed by atoms with Crippen molar-refractivity contribution < 1.29 is 14.3 Å². The Balaban J connectivity index is 1.59. The second-order valence-electron chi connectivity index (χ2n) is 7.64. The molecule has 0 unspecified atom stereocenters. The lowest BCUT2D eigenvalue weighted by Crippen LogP contribution is -2.32. The number of aromatic amines is 1. The van der Waals surface area contributed by atoms with Gasteiger partial charge in [0.05, 0.1) is 22.3 Å². The lowest BCUT2D eigenvalue weighted by atomic mass is 10.0. The van der Waals surface area contributed by atoms with Crippen LogP contribution in [0.25, 0.3) is 22.3 Å². The Morgan fingerprint density at radius 2 is 2.00 bits per heavy atom. The summed E-state index contributed by atoms with van der Waals surface area (Å²) in [7, 11) is 0. The molecule has 28 heavy (non-hydrogen) atoms. The minimum absolute atomic E-state index is 0.0493. The van der Waals surface area contributed by atoms with E-state index >= 15 is 0 Å². The highest BCUT2D eigenvalue weighted by Crippen LogP contribution is 2.32. The largest absolute Gasteiger partial charge is 0.505 e. The average Bonchev–Trinajstić information content (AvgIpc) is 3.38. The topological polar surface area (TPSA) is 94.1 Å². The molecule has 2 saturated heterocycles. The van der Waals surface area contributed by atoms with Gasteiger partial charge in [-0.15, -0.1) is 0 Å². The Hall–Kier alpha value is -3.00. The molecule has 0 saturated carbocycles. The zero-order valence-corrected chi connectivity index (χ0v) is 15.4. The van der Waals surface area contributed by atoms with Crippen LogP contribution in [0.1, 0.15) is 16.1 Å². The van der Waals surface area contributed by atoms with Crippen molar-refractivity contribution in [3.63, 3.8) is 0 Å². The SMILES string of the molecule is Cc1n[nH]c2nc(-c3ccc(O)c(F)c3)cc(C(=O)N3C[C@H]4CNC[C@H]4C3)c12. The maximum atomic E-state index is 13.8. The second-order valence-corrected chi connectivity index (χ2v) is 7.64. The monoisotopic (exact) mass is 381 g/mol. The number of phenolic OH excluding ortho intramolecular Hbond substituents is 1. The molecular weight excluding hydrogens is 361 g/mol. The number of fused-ring (bicyclic) bond motifs is 2. The molecule has 5 rings (SSSR count). The van der Waals surface area contributed by atoms with Crippen LogP contribution >= 0.6 is 0 Å². The Kier molecular flexibility index (Phi) is 3.83. The lowest BCUT2D eigenvalue weighted by molar-refractivity contribution is 0.0783. The van der Waals surface area contributed by atoms with Gasteiger partial charge in [-0.1, -0.05) is 0 Å². The quantitative estimate of drug-likeness (QED) is 0.632. The molecule has 4 heterocycles. The first-order valence-electron chi connectivity index (χ1n) is 9.36. The zero-order chi connectivity index (χ0) is 19.4. The number of pyridine rings is 1. The number of halogens is 1. The normalized spacial score (nSPS) is 21.4. The number of H-pyrrole nitrogens is 1. The van der Waals surface area contributed by atoms with E-state index < -0.39 is 11.6 Å². The van der Waals surface area contributed by atoms with Crippen molar-refractivity contribution in [1.82, 2.24) is 25.4 Å². The first-order chi connectivity index (χ1) is 13.5. The van der Waals surface area contributed by atoms with E-state index in [1.807, 2.05) is 11.8 Å². The third kappa shape index (κ3) is 2.63. The number of carbonyl (C=O) groups is 1. The van der Waals surface area contributed by atoms with Crippen molar-refractivity contribution in [1.29, 1.82) is 0 Å². The number of hydrogen-bond donors (Lipinski definition) is 3. The number of nitrogens with one attached hydrogen (secondary N) is 2. The van der Waals surface area contributed by atoms with Crippen LogP contribution in [0.3, 0.4) is 0 Å². The van der Waals surface area contributed by atoms with Crippen molar-refractivity contribution in [2.75, 3.05) is 26.2 Å². The highest BCUT2D eigenvalue weighted by molar-refractivity contribution is 6.07. The number of aromatic hydroxyl groups is 1. The van der Waals surface area contributed by atoms with Gasteiger partial charge in [-0.25, -0.2) is 9.37 Å². The third-order valence-corrected chi connectivity index (χ3v) is 5.86. The van der Waals surface area contributed by atoms with E-state index in [9.17, 15) is 14.3 Å². The summed E-state index contributed by atoms with van der Waals surface area (Å²) in [5.74, 6) is -0.203. The molecule has 0 bridgehead atoms. The van der Waals surface area contributed by atoms with Crippen LogP contribution in [0.5, 0.6) is 5.75 Å². The van der Waals surface area contributed by atoms with Gasteiger partial charge in [-0.2, -0.15) is 5.10 Å². The molecule has 7 nitrogen and oxygen atoms in total. The average molecular weight is 381 g/mol. The van der Waals surface area contributed by atoms with Crippen LogP contribution in [0.2, 0.25) is 0 Å². The molecule has 2 atom stereocenters. The predicted molar refractivity (Wildman–Crippen MR) is 101 cm³/mol. The number of phenols is 1. The third-order valence-electron chi connectivity index (χ3n) is 5.86. The number of carbonyl (C=O) groups excluding carboxylic acids is 1. The van der Waals surface area contributed by atoms with Gasteiger partial charge < -0.3 is 15.3 Å². The number of benzene rings is 1. The second kappa shape index (κ2) is 6.27. The first-order valence-corrected chi connectivity index (χ1v) is 9.36. The predicted octanol–water partition coefficient (Wildman–Crippen LogP) is 2.07. The minimum Gasteiger partial charge on any atom is -0.505 e. The van der Waals surface area contributed by atoms with E-state index in [2.05, 4.69) is 20.5 Å². The Bertz CT molecular complexity index is 1080. The van der Waals surface area contributed by atoms with Gasteiger partial charge in [0, 0.05) is 31.7 Å². The van der Waals surface area contributed by atoms with Crippen LogP contribution < -0.4 is 5.32 Å². The number of nitrogens with zero attached hydrogens (tertiary/aromatic N) is 3. The van der Waals surface area contributed by atoms with Gasteiger partial charge in [-0.05, 0) is 43.0 Å². The number of rotatable bonds is 2. The molecule has 0 radical (unpaired) electrons. The summed E-state index contributed by atoms with van der Waals surface area (Å²) in [6.07, 6.45) is 0. The maximum Gasteiger partial charge on any atom is 0.254 e. The molecule has 1 aromatic carbocycles. The minimum atomic E-state index is -0.729. The molecule has 3 aromatic rings. The van der Waals surface area contributed by atoms with E-state index in [4.69, 9.17) is 0 Å². The fourth-order valence-electron chi connectivity index (χ4n) is 4.36. The van der Waals surface area contributed by atoms with Crippen molar-refractivity contribution >= 4 is 16.9 Å². The Morgan fingerprint density at radius 1 is 1.25 bits per heavy atom. The van der Waals surface area contributed by atoms with E-state index in [-0.39, 0.29) is 5.91 Å². The van der Waals surface area contributed by atoms with Crippen LogP contribution in [-0.2, 0) is 0 Å². The smallest absolute Gasteiger partial charge is 0.254 e. The summed E-state index contributed by atoms with van der Waals surface area (Å²) < 4.78 is 13.8. The Labute approximate surface area is 160 Å². The summed E-state index contributed by atoms with van der Waals surface area (Å²) in [4.78, 5) is 19.8. The van der Waals surface area contributed by atoms with Gasteiger partial charge in [0.15, 0.2) is 17.2 Å². The molecule has 2 fully saturated rings. The standard InChI is InChI=1S/C20H20FN5O2/c1-10-18-14(20(28)26-8-12-6-22-7-13(12)9-26)5-16(23-19(18)25-24-10)11-2-3-17(27)15(21)4-11/h2-5,12-13,22,27H,6-9H2,1H3,(H,23,24,25)/t12-,13+. The van der Waals surface area contributed by atoms with Gasteiger partial charge in [0.1, 0.15) is 0 Å². The molecule has 2 aromatic heterocycles. The number of amides is 1. The molecular formula is C20H20FN5O2. The lowest BCUT2D eigenvalue weighted by Gasteiger charge is -2.18. The molecule has 8 heteroatoms. The van der Waals surface area contributed by atoms with E-state index in [0.717, 1.165) is 26.2 Å². The van der Waals surface area contributed by atoms with E-state index in [1.165, 1.54) is 12.1 Å². The van der Waals surface area contributed by atoms with Crippen LogP contribution in [0, 0.1) is 24.6 Å². The van der Waals surface area contributed by atoms with E-state index in [0.29, 0.717) is 45.4 Å². The molecule has 0 aliphatic carbocycles. The van der Waals surface area contributed by atoms with Gasteiger partial charge in [0.25, 0.3) is 5.91 Å². The number of aromatic nitrogens is 3. The van der Waals surface area contributed by atoms with Gasteiger partial charge in [0.2, 0.25) is 0 Å². The number of hydrogen-bond acceptors (Lipinski definition) is 5. The van der Waals surface area contributed by atoms with Gasteiger partial charge in [-0.3, -0.25) is 9.89 Å². The number of aryl methyl sites for hydroxylation is 1. The maximum absolute atomic E-state index is 13.8. The molecule has 144 valence electrons. The summed E-state index contributed by atoms with van der Waals surface area (Å²) >= 11 is 0. The first kappa shape index (κ1) is 17.1. The molecule has 3 N–H and O–H groups in total. The number of likely N-dealkylation sites (tertiary alicyclic amines) is 1. The van der Waals surface area contributed by atoms with Gasteiger partial charge >= 0.3 is 0 Å².